The average molecular weight is 332 g/mol. The van der Waals surface area contributed by atoms with Gasteiger partial charge in [-0.1, -0.05) is 30.0 Å². The number of hydrogen-bond donors (Lipinski definition) is 2. The van der Waals surface area contributed by atoms with Gasteiger partial charge in [0.15, 0.2) is 0 Å². The van der Waals surface area contributed by atoms with Crippen LogP contribution in [0.15, 0.2) is 24.3 Å². The zero-order valence-electron chi connectivity index (χ0n) is 11.7. The van der Waals surface area contributed by atoms with E-state index in [0.717, 1.165) is 17.8 Å². The van der Waals surface area contributed by atoms with Gasteiger partial charge in [0.2, 0.25) is 5.91 Å². The fourth-order valence-corrected chi connectivity index (χ4v) is 3.00. The van der Waals surface area contributed by atoms with Gasteiger partial charge in [0, 0.05) is 11.8 Å². The second-order valence-corrected chi connectivity index (χ2v) is 6.06. The van der Waals surface area contributed by atoms with E-state index in [2.05, 4.69) is 10.6 Å². The first-order chi connectivity index (χ1) is 10.3. The molecule has 22 heavy (non-hydrogen) atoms. The molecule has 0 radical (unpaired) electrons. The Bertz CT molecular complexity index is 577. The molecule has 1 aromatic rings. The lowest BCUT2D eigenvalue weighted by atomic mass is 10.0. The monoisotopic (exact) mass is 332 g/mol. The first-order valence-electron chi connectivity index (χ1n) is 6.66. The Morgan fingerprint density at radius 3 is 2.73 bits per heavy atom. The molecule has 1 aliphatic rings. The van der Waals surface area contributed by atoms with Crippen LogP contribution in [-0.2, 0) is 17.4 Å². The summed E-state index contributed by atoms with van der Waals surface area (Å²) in [6, 6.07) is 4.20. The van der Waals surface area contributed by atoms with Crippen molar-refractivity contribution in [3.63, 3.8) is 0 Å². The van der Waals surface area contributed by atoms with E-state index in [1.807, 2.05) is 0 Å². The molecule has 0 spiro atoms. The number of nitrogens with one attached hydrogen (secondary N) is 2. The normalized spacial score (nSPS) is 19.6. The fraction of sp³-hybridized carbons (Fsp3) is 0.429. The minimum absolute atomic E-state index is 0.0647. The van der Waals surface area contributed by atoms with Crippen molar-refractivity contribution in [2.75, 3.05) is 5.75 Å². The van der Waals surface area contributed by atoms with Gasteiger partial charge < -0.3 is 10.6 Å². The van der Waals surface area contributed by atoms with E-state index in [-0.39, 0.29) is 23.1 Å². The molecule has 0 unspecified atom stereocenters. The molecule has 2 atom stereocenters. The van der Waals surface area contributed by atoms with E-state index < -0.39 is 23.8 Å². The summed E-state index contributed by atoms with van der Waals surface area (Å²) in [7, 11) is 0. The van der Waals surface area contributed by atoms with Gasteiger partial charge in [-0.15, -0.1) is 0 Å². The summed E-state index contributed by atoms with van der Waals surface area (Å²) in [5.74, 6) is -0.0494. The predicted octanol–water partition coefficient (Wildman–Crippen LogP) is 2.58. The lowest BCUT2D eigenvalue weighted by Gasteiger charge is -2.19. The van der Waals surface area contributed by atoms with Crippen LogP contribution in [0, 0.1) is 0 Å². The second kappa shape index (κ2) is 6.60. The number of amides is 2. The van der Waals surface area contributed by atoms with Crippen molar-refractivity contribution in [3.8, 4) is 0 Å². The van der Waals surface area contributed by atoms with Crippen molar-refractivity contribution in [3.05, 3.63) is 35.4 Å². The SMILES string of the molecule is C[C@H](Cc1ccccc1C(F)(F)F)NC(=O)[C@@H]1CSC(=O)N1. The lowest BCUT2D eigenvalue weighted by molar-refractivity contribution is -0.138. The molecule has 2 N–H and O–H groups in total. The van der Waals surface area contributed by atoms with Crippen LogP contribution in [0.4, 0.5) is 18.0 Å². The Balaban J connectivity index is 1.99. The molecule has 1 aliphatic heterocycles. The van der Waals surface area contributed by atoms with E-state index >= 15 is 0 Å². The van der Waals surface area contributed by atoms with Crippen LogP contribution in [0.2, 0.25) is 0 Å². The van der Waals surface area contributed by atoms with Crippen LogP contribution >= 0.6 is 11.8 Å². The van der Waals surface area contributed by atoms with Crippen molar-refractivity contribution in [1.82, 2.24) is 10.6 Å². The Morgan fingerprint density at radius 1 is 1.45 bits per heavy atom. The maximum absolute atomic E-state index is 12.9. The third-order valence-corrected chi connectivity index (χ3v) is 4.11. The maximum Gasteiger partial charge on any atom is 0.416 e. The minimum Gasteiger partial charge on any atom is -0.352 e. The van der Waals surface area contributed by atoms with Gasteiger partial charge in [0.1, 0.15) is 6.04 Å². The highest BCUT2D eigenvalue weighted by Gasteiger charge is 2.33. The van der Waals surface area contributed by atoms with Crippen molar-refractivity contribution >= 4 is 22.9 Å². The third kappa shape index (κ3) is 4.16. The number of benzene rings is 1. The molecule has 120 valence electrons. The molecule has 8 heteroatoms. The summed E-state index contributed by atoms with van der Waals surface area (Å²) in [4.78, 5) is 22.9. The molecule has 0 aliphatic carbocycles. The first kappa shape index (κ1) is 16.7. The van der Waals surface area contributed by atoms with Gasteiger partial charge in [0.05, 0.1) is 5.56 Å². The molecule has 0 aromatic heterocycles. The van der Waals surface area contributed by atoms with Gasteiger partial charge in [0.25, 0.3) is 5.24 Å². The summed E-state index contributed by atoms with van der Waals surface area (Å²) in [5.41, 5.74) is -0.562. The number of carbonyl (C=O) groups is 2. The van der Waals surface area contributed by atoms with E-state index in [1.54, 1.807) is 6.92 Å². The number of rotatable bonds is 4. The molecule has 0 saturated carbocycles. The predicted molar refractivity (Wildman–Crippen MR) is 77.5 cm³/mol. The van der Waals surface area contributed by atoms with Crippen LogP contribution in [0.5, 0.6) is 0 Å². The maximum atomic E-state index is 12.9. The molecule has 1 aromatic carbocycles. The summed E-state index contributed by atoms with van der Waals surface area (Å²) in [5, 5.41) is 4.86. The van der Waals surface area contributed by atoms with Gasteiger partial charge in [-0.3, -0.25) is 9.59 Å². The van der Waals surface area contributed by atoms with Crippen molar-refractivity contribution in [2.45, 2.75) is 31.6 Å². The largest absolute Gasteiger partial charge is 0.416 e. The molecular formula is C14H15F3N2O2S. The smallest absolute Gasteiger partial charge is 0.352 e. The first-order valence-corrected chi connectivity index (χ1v) is 7.64. The summed E-state index contributed by atoms with van der Waals surface area (Å²) in [6.07, 6.45) is -4.36. The molecule has 2 rings (SSSR count). The average Bonchev–Trinajstić information content (AvgIpc) is 2.84. The van der Waals surface area contributed by atoms with Crippen LogP contribution in [-0.4, -0.2) is 29.0 Å². The van der Waals surface area contributed by atoms with Gasteiger partial charge in [-0.25, -0.2) is 0 Å². The van der Waals surface area contributed by atoms with E-state index in [4.69, 9.17) is 0 Å². The number of hydrogen-bond acceptors (Lipinski definition) is 3. The van der Waals surface area contributed by atoms with Crippen molar-refractivity contribution < 1.29 is 22.8 Å². The zero-order valence-corrected chi connectivity index (χ0v) is 12.6. The lowest BCUT2D eigenvalue weighted by Crippen LogP contribution is -2.46. The minimum atomic E-state index is -4.42. The zero-order chi connectivity index (χ0) is 16.3. The fourth-order valence-electron chi connectivity index (χ4n) is 2.23. The van der Waals surface area contributed by atoms with Crippen LogP contribution in [0.1, 0.15) is 18.1 Å². The molecule has 2 amide bonds. The summed E-state index contributed by atoms with van der Waals surface area (Å²) >= 11 is 1.01. The highest BCUT2D eigenvalue weighted by Crippen LogP contribution is 2.32. The Morgan fingerprint density at radius 2 is 2.14 bits per heavy atom. The van der Waals surface area contributed by atoms with Crippen LogP contribution in [0.25, 0.3) is 0 Å². The standard InChI is InChI=1S/C14H15F3N2O2S/c1-8(18-12(20)11-7-22-13(21)19-11)6-9-4-2-3-5-10(9)14(15,16)17/h2-5,8,11H,6-7H2,1H3,(H,18,20)(H,19,21)/t8-,11+/m1/s1. The topological polar surface area (TPSA) is 58.2 Å². The van der Waals surface area contributed by atoms with E-state index in [1.165, 1.54) is 18.2 Å². The van der Waals surface area contributed by atoms with Gasteiger partial charge >= 0.3 is 6.18 Å². The number of alkyl halides is 3. The van der Waals surface area contributed by atoms with E-state index in [0.29, 0.717) is 5.75 Å². The highest BCUT2D eigenvalue weighted by molar-refractivity contribution is 8.14. The number of thioether (sulfide) groups is 1. The highest BCUT2D eigenvalue weighted by atomic mass is 32.2. The van der Waals surface area contributed by atoms with Crippen molar-refractivity contribution in [1.29, 1.82) is 0 Å². The van der Waals surface area contributed by atoms with Gasteiger partial charge in [-0.2, -0.15) is 13.2 Å². The van der Waals surface area contributed by atoms with Crippen LogP contribution in [0.3, 0.4) is 0 Å². The summed E-state index contributed by atoms with van der Waals surface area (Å²) in [6.45, 7) is 1.63. The summed E-state index contributed by atoms with van der Waals surface area (Å²) < 4.78 is 38.7. The quantitative estimate of drug-likeness (QED) is 0.891. The van der Waals surface area contributed by atoms with Crippen molar-refractivity contribution in [2.24, 2.45) is 0 Å². The molecular weight excluding hydrogens is 317 g/mol. The Hall–Kier alpha value is -1.70. The van der Waals surface area contributed by atoms with E-state index in [9.17, 15) is 22.8 Å². The molecule has 0 bridgehead atoms. The Labute approximate surface area is 129 Å². The molecule has 1 fully saturated rings. The number of carbonyl (C=O) groups excluding carboxylic acids is 2. The second-order valence-electron chi connectivity index (χ2n) is 5.06. The van der Waals surface area contributed by atoms with Crippen LogP contribution < -0.4 is 10.6 Å². The number of halogens is 3. The third-order valence-electron chi connectivity index (χ3n) is 3.23. The van der Waals surface area contributed by atoms with Gasteiger partial charge in [-0.05, 0) is 25.0 Å². The molecule has 1 heterocycles. The Kier molecular flexibility index (Phi) is 5.00. The molecule has 4 nitrogen and oxygen atoms in total. The molecule has 1 saturated heterocycles.